The van der Waals surface area contributed by atoms with E-state index in [-0.39, 0.29) is 12.4 Å². The Hall–Kier alpha value is -2.09. The van der Waals surface area contributed by atoms with Crippen LogP contribution in [0.3, 0.4) is 0 Å². The number of nitrogens with one attached hydrogen (secondary N) is 1. The maximum absolute atomic E-state index is 8.81. The van der Waals surface area contributed by atoms with Crippen molar-refractivity contribution in [3.05, 3.63) is 59.8 Å². The van der Waals surface area contributed by atoms with E-state index < -0.39 is 0 Å². The molecule has 1 aromatic heterocycles. The minimum atomic E-state index is 0. The van der Waals surface area contributed by atoms with Gasteiger partial charge in [-0.2, -0.15) is 5.26 Å². The Balaban J connectivity index is 0.00000192. The molecule has 1 aliphatic rings. The van der Waals surface area contributed by atoms with Crippen molar-refractivity contribution in [2.75, 3.05) is 18.0 Å². The molecule has 5 heteroatoms. The molecule has 0 atom stereocenters. The van der Waals surface area contributed by atoms with Crippen LogP contribution in [-0.4, -0.2) is 24.1 Å². The van der Waals surface area contributed by atoms with E-state index in [0.717, 1.165) is 38.3 Å². The SMILES string of the molecule is Cl.N#Cc1ccc(CNC2CCN(c3ccccn3)CC2)cc1. The number of hydrogen-bond acceptors (Lipinski definition) is 4. The summed E-state index contributed by atoms with van der Waals surface area (Å²) in [5.74, 6) is 1.08. The lowest BCUT2D eigenvalue weighted by Crippen LogP contribution is -2.42. The highest BCUT2D eigenvalue weighted by molar-refractivity contribution is 5.85. The third-order valence-corrected chi connectivity index (χ3v) is 4.15. The topological polar surface area (TPSA) is 52.0 Å². The summed E-state index contributed by atoms with van der Waals surface area (Å²) in [6.45, 7) is 2.95. The quantitative estimate of drug-likeness (QED) is 0.936. The van der Waals surface area contributed by atoms with Gasteiger partial charge in [-0.3, -0.25) is 0 Å². The third kappa shape index (κ3) is 4.69. The molecule has 0 saturated carbocycles. The zero-order valence-electron chi connectivity index (χ0n) is 13.0. The number of piperidine rings is 1. The second-order valence-electron chi connectivity index (χ2n) is 5.64. The van der Waals surface area contributed by atoms with Gasteiger partial charge in [-0.1, -0.05) is 18.2 Å². The fraction of sp³-hybridized carbons (Fsp3) is 0.333. The Morgan fingerprint density at radius 1 is 1.13 bits per heavy atom. The number of rotatable bonds is 4. The molecule has 120 valence electrons. The van der Waals surface area contributed by atoms with Crippen LogP contribution in [0.25, 0.3) is 0 Å². The third-order valence-electron chi connectivity index (χ3n) is 4.15. The number of halogens is 1. The summed E-state index contributed by atoms with van der Waals surface area (Å²) in [4.78, 5) is 6.76. The van der Waals surface area contributed by atoms with Gasteiger partial charge >= 0.3 is 0 Å². The van der Waals surface area contributed by atoms with Crippen molar-refractivity contribution in [1.29, 1.82) is 5.26 Å². The first-order chi connectivity index (χ1) is 10.8. The minimum Gasteiger partial charge on any atom is -0.357 e. The Labute approximate surface area is 143 Å². The molecule has 0 unspecified atom stereocenters. The van der Waals surface area contributed by atoms with Gasteiger partial charge in [0.05, 0.1) is 11.6 Å². The molecule has 2 aromatic rings. The van der Waals surface area contributed by atoms with Crippen LogP contribution in [0.15, 0.2) is 48.7 Å². The molecule has 0 radical (unpaired) electrons. The fourth-order valence-electron chi connectivity index (χ4n) is 2.81. The van der Waals surface area contributed by atoms with Crippen LogP contribution in [0.1, 0.15) is 24.0 Å². The zero-order valence-corrected chi connectivity index (χ0v) is 13.8. The number of anilines is 1. The second-order valence-corrected chi connectivity index (χ2v) is 5.64. The monoisotopic (exact) mass is 328 g/mol. The molecule has 1 aliphatic heterocycles. The Morgan fingerprint density at radius 2 is 1.87 bits per heavy atom. The summed E-state index contributed by atoms with van der Waals surface area (Å²) in [5.41, 5.74) is 1.94. The van der Waals surface area contributed by atoms with Gasteiger partial charge in [-0.05, 0) is 42.7 Å². The largest absolute Gasteiger partial charge is 0.357 e. The van der Waals surface area contributed by atoms with Crippen LogP contribution in [0.2, 0.25) is 0 Å². The molecule has 1 N–H and O–H groups in total. The van der Waals surface area contributed by atoms with Crippen LogP contribution in [0.5, 0.6) is 0 Å². The molecule has 4 nitrogen and oxygen atoms in total. The second kappa shape index (κ2) is 8.52. The number of pyridine rings is 1. The highest BCUT2D eigenvalue weighted by Crippen LogP contribution is 2.17. The van der Waals surface area contributed by atoms with E-state index in [1.54, 1.807) is 0 Å². The zero-order chi connectivity index (χ0) is 15.2. The lowest BCUT2D eigenvalue weighted by molar-refractivity contribution is 0.413. The molecule has 0 amide bonds. The van der Waals surface area contributed by atoms with E-state index in [1.807, 2.05) is 42.6 Å². The number of hydrogen-bond donors (Lipinski definition) is 1. The maximum atomic E-state index is 8.81. The highest BCUT2D eigenvalue weighted by Gasteiger charge is 2.19. The molecule has 23 heavy (non-hydrogen) atoms. The van der Waals surface area contributed by atoms with E-state index in [1.165, 1.54) is 5.56 Å². The van der Waals surface area contributed by atoms with Gasteiger partial charge in [0.25, 0.3) is 0 Å². The molecule has 1 fully saturated rings. The molecule has 2 heterocycles. The van der Waals surface area contributed by atoms with E-state index in [0.29, 0.717) is 11.6 Å². The average molecular weight is 329 g/mol. The number of benzene rings is 1. The van der Waals surface area contributed by atoms with Crippen molar-refractivity contribution in [1.82, 2.24) is 10.3 Å². The van der Waals surface area contributed by atoms with Gasteiger partial charge in [-0.15, -0.1) is 12.4 Å². The maximum Gasteiger partial charge on any atom is 0.128 e. The van der Waals surface area contributed by atoms with Crippen molar-refractivity contribution in [3.63, 3.8) is 0 Å². The summed E-state index contributed by atoms with van der Waals surface area (Å²) in [6, 6.07) is 16.6. The number of nitriles is 1. The van der Waals surface area contributed by atoms with Gasteiger partial charge < -0.3 is 10.2 Å². The number of aromatic nitrogens is 1. The van der Waals surface area contributed by atoms with Crippen molar-refractivity contribution < 1.29 is 0 Å². The van der Waals surface area contributed by atoms with Crippen LogP contribution >= 0.6 is 12.4 Å². The van der Waals surface area contributed by atoms with Crippen molar-refractivity contribution in [2.45, 2.75) is 25.4 Å². The molecule has 0 spiro atoms. The first-order valence-electron chi connectivity index (χ1n) is 7.73. The highest BCUT2D eigenvalue weighted by atomic mass is 35.5. The first kappa shape index (κ1) is 17.3. The van der Waals surface area contributed by atoms with E-state index >= 15 is 0 Å². The smallest absolute Gasteiger partial charge is 0.128 e. The molecule has 1 aromatic carbocycles. The van der Waals surface area contributed by atoms with Gasteiger partial charge in [-0.25, -0.2) is 4.98 Å². The lowest BCUT2D eigenvalue weighted by atomic mass is 10.0. The minimum absolute atomic E-state index is 0. The van der Waals surface area contributed by atoms with Crippen LogP contribution < -0.4 is 10.2 Å². The Kier molecular flexibility index (Phi) is 6.40. The molecular weight excluding hydrogens is 308 g/mol. The van der Waals surface area contributed by atoms with Crippen molar-refractivity contribution >= 4 is 18.2 Å². The van der Waals surface area contributed by atoms with Gasteiger partial charge in [0.1, 0.15) is 5.82 Å². The fourth-order valence-corrected chi connectivity index (χ4v) is 2.81. The van der Waals surface area contributed by atoms with E-state index in [4.69, 9.17) is 5.26 Å². The normalized spacial score (nSPS) is 14.8. The van der Waals surface area contributed by atoms with E-state index in [9.17, 15) is 0 Å². The predicted octanol–water partition coefficient (Wildman–Crippen LogP) is 3.13. The molecule has 0 bridgehead atoms. The summed E-state index contributed by atoms with van der Waals surface area (Å²) in [7, 11) is 0. The summed E-state index contributed by atoms with van der Waals surface area (Å²) in [6.07, 6.45) is 4.12. The number of nitrogens with zero attached hydrogens (tertiary/aromatic N) is 3. The van der Waals surface area contributed by atoms with Gasteiger partial charge in [0.2, 0.25) is 0 Å². The van der Waals surface area contributed by atoms with Gasteiger partial charge in [0, 0.05) is 31.9 Å². The Bertz CT molecular complexity index is 628. The van der Waals surface area contributed by atoms with Crippen molar-refractivity contribution in [3.8, 4) is 6.07 Å². The summed E-state index contributed by atoms with van der Waals surface area (Å²) in [5, 5.41) is 12.4. The summed E-state index contributed by atoms with van der Waals surface area (Å²) < 4.78 is 0. The van der Waals surface area contributed by atoms with Crippen molar-refractivity contribution in [2.24, 2.45) is 0 Å². The predicted molar refractivity (Wildman–Crippen MR) is 94.7 cm³/mol. The molecule has 0 aliphatic carbocycles. The van der Waals surface area contributed by atoms with Gasteiger partial charge in [0.15, 0.2) is 0 Å². The summed E-state index contributed by atoms with van der Waals surface area (Å²) >= 11 is 0. The van der Waals surface area contributed by atoms with Crippen LogP contribution in [0.4, 0.5) is 5.82 Å². The molecule has 1 saturated heterocycles. The molecular formula is C18H21ClN4. The standard InChI is InChI=1S/C18H20N4.ClH/c19-13-15-4-6-16(7-5-15)14-21-17-8-11-22(12-9-17)18-3-1-2-10-20-18;/h1-7,10,17,21H,8-9,11-12,14H2;1H. The first-order valence-corrected chi connectivity index (χ1v) is 7.73. The van der Waals surface area contributed by atoms with Crippen LogP contribution in [-0.2, 0) is 6.54 Å². The average Bonchev–Trinajstić information content (AvgIpc) is 2.61. The molecule has 3 rings (SSSR count). The lowest BCUT2D eigenvalue weighted by Gasteiger charge is -2.33. The van der Waals surface area contributed by atoms with Crippen LogP contribution in [0, 0.1) is 11.3 Å². The van der Waals surface area contributed by atoms with E-state index in [2.05, 4.69) is 27.3 Å². The Morgan fingerprint density at radius 3 is 2.48 bits per heavy atom.